The smallest absolute Gasteiger partial charge is 0.320 e. The van der Waals surface area contributed by atoms with Crippen LogP contribution >= 0.6 is 21.6 Å². The maximum atomic E-state index is 12.5. The second-order valence-corrected chi connectivity index (χ2v) is 14.1. The van der Waals surface area contributed by atoms with E-state index in [9.17, 15) is 14.7 Å². The fraction of sp³-hybridized carbons (Fsp3) is 0.704. The second kappa shape index (κ2) is 16.0. The first kappa shape index (κ1) is 31.9. The quantitative estimate of drug-likeness (QED) is 0.239. The average molecular weight is 556 g/mol. The van der Waals surface area contributed by atoms with E-state index in [0.29, 0.717) is 31.9 Å². The molecule has 2 rings (SSSR count). The lowest BCUT2D eigenvalue weighted by molar-refractivity contribution is -0.148. The Labute approximate surface area is 230 Å². The highest BCUT2D eigenvalue weighted by atomic mass is 33.1. The summed E-state index contributed by atoms with van der Waals surface area (Å²) in [6, 6.07) is 8.70. The number of nitrogens with two attached hydrogens (primary N) is 1. The Morgan fingerprint density at radius 3 is 2.51 bits per heavy atom. The number of amides is 1. The molecule has 0 saturated carbocycles. The van der Waals surface area contributed by atoms with E-state index >= 15 is 0 Å². The number of carbonyl (C=O) groups is 2. The molecule has 1 saturated heterocycles. The molecule has 0 radical (unpaired) electrons. The summed E-state index contributed by atoms with van der Waals surface area (Å²) in [5.41, 5.74) is 7.16. The third kappa shape index (κ3) is 12.9. The zero-order valence-electron chi connectivity index (χ0n) is 22.8. The first-order valence-electron chi connectivity index (χ1n) is 13.1. The van der Waals surface area contributed by atoms with E-state index in [1.807, 2.05) is 44.2 Å². The van der Waals surface area contributed by atoms with Gasteiger partial charge in [0.2, 0.25) is 5.91 Å². The van der Waals surface area contributed by atoms with Crippen molar-refractivity contribution in [2.24, 2.45) is 11.7 Å². The Morgan fingerprint density at radius 2 is 1.89 bits per heavy atom. The van der Waals surface area contributed by atoms with Gasteiger partial charge < -0.3 is 30.9 Å². The molecule has 1 fully saturated rings. The Hall–Kier alpha value is -1.30. The fourth-order valence-corrected chi connectivity index (χ4v) is 6.37. The minimum absolute atomic E-state index is 0.105. The number of rotatable bonds is 15. The van der Waals surface area contributed by atoms with E-state index in [1.54, 1.807) is 21.6 Å². The number of carboxylic acid groups (broad SMARTS) is 1. The van der Waals surface area contributed by atoms with Crippen molar-refractivity contribution in [3.63, 3.8) is 0 Å². The van der Waals surface area contributed by atoms with Crippen molar-refractivity contribution < 1.29 is 24.2 Å². The van der Waals surface area contributed by atoms with Crippen LogP contribution in [0.25, 0.3) is 0 Å². The molecule has 10 heteroatoms. The van der Waals surface area contributed by atoms with Gasteiger partial charge in [-0.25, -0.2) is 0 Å². The van der Waals surface area contributed by atoms with Gasteiger partial charge in [0.05, 0.1) is 31.0 Å². The lowest BCUT2D eigenvalue weighted by atomic mass is 9.99. The monoisotopic (exact) mass is 555 g/mol. The largest absolute Gasteiger partial charge is 0.480 e. The van der Waals surface area contributed by atoms with Crippen LogP contribution < -0.4 is 16.4 Å². The molecule has 1 aliphatic rings. The molecule has 210 valence electrons. The molecule has 1 aromatic carbocycles. The predicted molar refractivity (Wildman–Crippen MR) is 153 cm³/mol. The molecule has 1 heterocycles. The average Bonchev–Trinajstić information content (AvgIpc) is 2.83. The number of aliphatic carboxylic acids is 1. The molecule has 5 N–H and O–H groups in total. The Balaban J connectivity index is 1.92. The van der Waals surface area contributed by atoms with Crippen molar-refractivity contribution in [1.82, 2.24) is 10.6 Å². The first-order chi connectivity index (χ1) is 17.4. The van der Waals surface area contributed by atoms with Gasteiger partial charge >= 0.3 is 5.97 Å². The van der Waals surface area contributed by atoms with Crippen LogP contribution in [0.1, 0.15) is 59.4 Å². The van der Waals surface area contributed by atoms with E-state index in [1.165, 1.54) is 0 Å². The molecule has 0 aliphatic carbocycles. The Bertz CT molecular complexity index is 822. The normalized spacial score (nSPS) is 22.0. The summed E-state index contributed by atoms with van der Waals surface area (Å²) in [7, 11) is 3.32. The zero-order chi connectivity index (χ0) is 27.4. The van der Waals surface area contributed by atoms with Crippen molar-refractivity contribution in [3.8, 4) is 0 Å². The highest BCUT2D eigenvalue weighted by Gasteiger charge is 2.33. The molecule has 0 unspecified atom stereocenters. The van der Waals surface area contributed by atoms with Gasteiger partial charge in [-0.1, -0.05) is 86.5 Å². The van der Waals surface area contributed by atoms with Crippen LogP contribution in [0.5, 0.6) is 0 Å². The van der Waals surface area contributed by atoms with E-state index < -0.39 is 18.1 Å². The lowest BCUT2D eigenvalue weighted by Gasteiger charge is -2.37. The summed E-state index contributed by atoms with van der Waals surface area (Å²) < 4.78 is 12.7. The SMILES string of the molecule is CC(C)C[C@H](NC[C@H]1O[C@@H](CNC(=O)[C@@H](N)CSSC(C)(C)C)CC[C@@H]1OCc1ccccc1)C(=O)O. The predicted octanol–water partition coefficient (Wildman–Crippen LogP) is 3.83. The van der Waals surface area contributed by atoms with E-state index in [0.717, 1.165) is 18.4 Å². The van der Waals surface area contributed by atoms with Gasteiger partial charge in [-0.2, -0.15) is 0 Å². The summed E-state index contributed by atoms with van der Waals surface area (Å²) in [5, 5.41) is 15.7. The minimum Gasteiger partial charge on any atom is -0.480 e. The van der Waals surface area contributed by atoms with E-state index in [-0.39, 0.29) is 34.9 Å². The lowest BCUT2D eigenvalue weighted by Crippen LogP contribution is -2.52. The van der Waals surface area contributed by atoms with Crippen LogP contribution in [-0.4, -0.2) is 71.0 Å². The van der Waals surface area contributed by atoms with Gasteiger partial charge in [-0.15, -0.1) is 0 Å². The first-order valence-corrected chi connectivity index (χ1v) is 15.4. The molecule has 8 nitrogen and oxygen atoms in total. The van der Waals surface area contributed by atoms with Crippen LogP contribution in [-0.2, 0) is 25.7 Å². The van der Waals surface area contributed by atoms with Gasteiger partial charge in [0.25, 0.3) is 0 Å². The summed E-state index contributed by atoms with van der Waals surface area (Å²) in [6.45, 7) is 11.6. The Morgan fingerprint density at radius 1 is 1.19 bits per heavy atom. The third-order valence-corrected chi connectivity index (χ3v) is 9.20. The molecule has 5 atom stereocenters. The van der Waals surface area contributed by atoms with Crippen LogP contribution in [0.4, 0.5) is 0 Å². The van der Waals surface area contributed by atoms with Gasteiger partial charge in [0.1, 0.15) is 6.04 Å². The molecule has 1 amide bonds. The zero-order valence-corrected chi connectivity index (χ0v) is 24.4. The van der Waals surface area contributed by atoms with Gasteiger partial charge in [0, 0.05) is 23.6 Å². The van der Waals surface area contributed by atoms with E-state index in [2.05, 4.69) is 31.4 Å². The summed E-state index contributed by atoms with van der Waals surface area (Å²) >= 11 is 0. The number of carbonyl (C=O) groups excluding carboxylic acids is 1. The van der Waals surface area contributed by atoms with Crippen LogP contribution in [0.2, 0.25) is 0 Å². The van der Waals surface area contributed by atoms with Gasteiger partial charge in [0.15, 0.2) is 0 Å². The van der Waals surface area contributed by atoms with Crippen molar-refractivity contribution in [3.05, 3.63) is 35.9 Å². The maximum absolute atomic E-state index is 12.5. The summed E-state index contributed by atoms with van der Waals surface area (Å²) in [4.78, 5) is 24.3. The number of hydrogen-bond acceptors (Lipinski definition) is 8. The van der Waals surface area contributed by atoms with Gasteiger partial charge in [-0.3, -0.25) is 9.59 Å². The fourth-order valence-electron chi connectivity index (χ4n) is 3.94. The molecule has 0 bridgehead atoms. The maximum Gasteiger partial charge on any atom is 0.320 e. The van der Waals surface area contributed by atoms with Crippen molar-refractivity contribution in [2.45, 2.75) is 95.6 Å². The number of nitrogens with one attached hydrogen (secondary N) is 2. The Kier molecular flexibility index (Phi) is 13.8. The van der Waals surface area contributed by atoms with Crippen molar-refractivity contribution in [1.29, 1.82) is 0 Å². The van der Waals surface area contributed by atoms with Crippen LogP contribution in [0.3, 0.4) is 0 Å². The second-order valence-electron chi connectivity index (χ2n) is 11.0. The highest BCUT2D eigenvalue weighted by Crippen LogP contribution is 2.35. The molecular weight excluding hydrogens is 510 g/mol. The van der Waals surface area contributed by atoms with Crippen LogP contribution in [0, 0.1) is 5.92 Å². The third-order valence-electron chi connectivity index (χ3n) is 5.83. The number of hydrogen-bond donors (Lipinski definition) is 4. The number of ether oxygens (including phenoxy) is 2. The minimum atomic E-state index is -0.869. The molecule has 0 aromatic heterocycles. The summed E-state index contributed by atoms with van der Waals surface area (Å²) in [6.07, 6.45) is 1.31. The molecular formula is C27H45N3O5S2. The van der Waals surface area contributed by atoms with Crippen molar-refractivity contribution in [2.75, 3.05) is 18.8 Å². The van der Waals surface area contributed by atoms with E-state index in [4.69, 9.17) is 15.2 Å². The number of benzene rings is 1. The molecule has 1 aromatic rings. The standard InChI is InChI=1S/C27H45N3O5S2/c1-18(2)13-22(26(32)33)29-15-24-23(34-16-19-9-7-6-8-10-19)12-11-20(35-24)14-30-25(31)21(28)17-36-37-27(3,4)5/h6-10,18,20-24,29H,11-17,28H2,1-5H3,(H,30,31)(H,32,33)/t20-,21+,22+,23+,24-/m1/s1. The van der Waals surface area contributed by atoms with Crippen molar-refractivity contribution >= 4 is 33.5 Å². The van der Waals surface area contributed by atoms with Gasteiger partial charge in [-0.05, 0) is 30.7 Å². The molecule has 0 spiro atoms. The summed E-state index contributed by atoms with van der Waals surface area (Å²) in [5.74, 6) is -0.275. The highest BCUT2D eigenvalue weighted by molar-refractivity contribution is 8.77. The van der Waals surface area contributed by atoms with Crippen LogP contribution in [0.15, 0.2) is 30.3 Å². The topological polar surface area (TPSA) is 123 Å². The molecule has 1 aliphatic heterocycles. The molecule has 37 heavy (non-hydrogen) atoms. The number of carboxylic acids is 1.